The van der Waals surface area contributed by atoms with E-state index in [2.05, 4.69) is 37.9 Å². The zero-order chi connectivity index (χ0) is 12.2. The van der Waals surface area contributed by atoms with Crippen molar-refractivity contribution in [3.05, 3.63) is 0 Å². The number of thioether (sulfide) groups is 1. The number of hydrogen-bond acceptors (Lipinski definition) is 3. The Morgan fingerprint density at radius 3 is 2.44 bits per heavy atom. The lowest BCUT2D eigenvalue weighted by Crippen LogP contribution is -2.30. The van der Waals surface area contributed by atoms with Gasteiger partial charge in [-0.1, -0.05) is 20.8 Å². The molecule has 0 aliphatic carbocycles. The van der Waals surface area contributed by atoms with Gasteiger partial charge < -0.3 is 10.2 Å². The topological polar surface area (TPSA) is 15.3 Å². The van der Waals surface area contributed by atoms with E-state index in [9.17, 15) is 0 Å². The summed E-state index contributed by atoms with van der Waals surface area (Å²) in [5.41, 5.74) is 0. The fourth-order valence-electron chi connectivity index (χ4n) is 1.78. The Labute approximate surface area is 107 Å². The molecule has 0 radical (unpaired) electrons. The van der Waals surface area contributed by atoms with Gasteiger partial charge in [0.2, 0.25) is 0 Å². The van der Waals surface area contributed by atoms with Gasteiger partial charge in [-0.3, -0.25) is 0 Å². The highest BCUT2D eigenvalue weighted by Crippen LogP contribution is 2.01. The van der Waals surface area contributed by atoms with Crippen LogP contribution >= 0.6 is 11.8 Å². The van der Waals surface area contributed by atoms with E-state index in [1.807, 2.05) is 11.8 Å². The highest BCUT2D eigenvalue weighted by atomic mass is 32.2. The van der Waals surface area contributed by atoms with Gasteiger partial charge in [0.1, 0.15) is 0 Å². The molecular formula is C13H30N2S. The van der Waals surface area contributed by atoms with E-state index in [0.29, 0.717) is 6.04 Å². The van der Waals surface area contributed by atoms with E-state index in [-0.39, 0.29) is 0 Å². The predicted molar refractivity (Wildman–Crippen MR) is 77.5 cm³/mol. The van der Waals surface area contributed by atoms with Crippen LogP contribution in [0.5, 0.6) is 0 Å². The van der Waals surface area contributed by atoms with Crippen molar-refractivity contribution in [3.63, 3.8) is 0 Å². The summed E-state index contributed by atoms with van der Waals surface area (Å²) >= 11 is 2.02. The lowest BCUT2D eigenvalue weighted by atomic mass is 10.2. The zero-order valence-corrected chi connectivity index (χ0v) is 12.4. The van der Waals surface area contributed by atoms with Crippen molar-refractivity contribution in [2.45, 2.75) is 46.6 Å². The summed E-state index contributed by atoms with van der Waals surface area (Å²) in [5, 5.41) is 3.59. The number of hydrogen-bond donors (Lipinski definition) is 1. The molecule has 0 bridgehead atoms. The van der Waals surface area contributed by atoms with E-state index in [1.54, 1.807) is 0 Å². The molecule has 2 nitrogen and oxygen atoms in total. The molecule has 0 fully saturated rings. The molecule has 0 aliphatic heterocycles. The van der Waals surface area contributed by atoms with Crippen LogP contribution in [0.4, 0.5) is 0 Å². The van der Waals surface area contributed by atoms with E-state index >= 15 is 0 Å². The van der Waals surface area contributed by atoms with Gasteiger partial charge >= 0.3 is 0 Å². The first-order valence-corrected chi connectivity index (χ1v) is 7.93. The molecule has 0 heterocycles. The van der Waals surface area contributed by atoms with Crippen LogP contribution < -0.4 is 5.32 Å². The molecule has 0 aromatic heterocycles. The highest BCUT2D eigenvalue weighted by molar-refractivity contribution is 7.99. The van der Waals surface area contributed by atoms with Gasteiger partial charge in [0.05, 0.1) is 0 Å². The number of nitrogens with zero attached hydrogens (tertiary/aromatic N) is 1. The molecule has 0 aromatic rings. The molecule has 98 valence electrons. The summed E-state index contributed by atoms with van der Waals surface area (Å²) in [4.78, 5) is 2.50. The van der Waals surface area contributed by atoms with Gasteiger partial charge in [0, 0.05) is 18.3 Å². The van der Waals surface area contributed by atoms with Gasteiger partial charge in [0.15, 0.2) is 0 Å². The van der Waals surface area contributed by atoms with Crippen molar-refractivity contribution in [2.24, 2.45) is 0 Å². The lowest BCUT2D eigenvalue weighted by Gasteiger charge is -2.19. The van der Waals surface area contributed by atoms with E-state index in [1.165, 1.54) is 44.0 Å². The Morgan fingerprint density at radius 2 is 1.88 bits per heavy atom. The number of nitrogens with one attached hydrogen (secondary N) is 1. The molecule has 16 heavy (non-hydrogen) atoms. The lowest BCUT2D eigenvalue weighted by molar-refractivity contribution is 0.291. The summed E-state index contributed by atoms with van der Waals surface area (Å²) in [6.07, 6.45) is 2.62. The second-order valence-electron chi connectivity index (χ2n) is 4.22. The largest absolute Gasteiger partial charge is 0.313 e. The summed E-state index contributed by atoms with van der Waals surface area (Å²) in [7, 11) is 0. The van der Waals surface area contributed by atoms with Crippen LogP contribution in [0.25, 0.3) is 0 Å². The quantitative estimate of drug-likeness (QED) is 0.564. The number of rotatable bonds is 11. The normalized spacial score (nSPS) is 13.3. The molecule has 0 rings (SSSR count). The standard InChI is InChI=1S/C13H30N2S/c1-5-15(6-2)11-8-9-13(4)14-10-12-16-7-3/h13-14H,5-12H2,1-4H3. The van der Waals surface area contributed by atoms with Crippen LogP contribution in [0.3, 0.4) is 0 Å². The smallest absolute Gasteiger partial charge is 0.00580 e. The first kappa shape index (κ1) is 16.3. The third kappa shape index (κ3) is 9.49. The molecule has 1 N–H and O–H groups in total. The minimum atomic E-state index is 0.674. The minimum Gasteiger partial charge on any atom is -0.313 e. The molecule has 0 amide bonds. The fourth-order valence-corrected chi connectivity index (χ4v) is 2.34. The maximum atomic E-state index is 3.59. The van der Waals surface area contributed by atoms with Gasteiger partial charge in [-0.15, -0.1) is 0 Å². The Kier molecular flexibility index (Phi) is 11.9. The molecule has 0 saturated heterocycles. The Balaban J connectivity index is 3.32. The zero-order valence-electron chi connectivity index (χ0n) is 11.6. The van der Waals surface area contributed by atoms with Crippen LogP contribution in [-0.4, -0.2) is 48.6 Å². The van der Waals surface area contributed by atoms with Crippen LogP contribution in [0.1, 0.15) is 40.5 Å². The van der Waals surface area contributed by atoms with Crippen molar-refractivity contribution in [3.8, 4) is 0 Å². The van der Waals surface area contributed by atoms with E-state index in [0.717, 1.165) is 6.54 Å². The average Bonchev–Trinajstić information content (AvgIpc) is 2.30. The van der Waals surface area contributed by atoms with Crippen LogP contribution in [0.15, 0.2) is 0 Å². The van der Waals surface area contributed by atoms with Crippen molar-refractivity contribution in [2.75, 3.05) is 37.7 Å². The average molecular weight is 246 g/mol. The first-order valence-electron chi connectivity index (χ1n) is 6.78. The molecule has 0 saturated carbocycles. The van der Waals surface area contributed by atoms with Crippen molar-refractivity contribution >= 4 is 11.8 Å². The molecule has 1 unspecified atom stereocenters. The Hall–Kier alpha value is 0.270. The van der Waals surface area contributed by atoms with Gasteiger partial charge in [0.25, 0.3) is 0 Å². The third-order valence-electron chi connectivity index (χ3n) is 2.95. The molecular weight excluding hydrogens is 216 g/mol. The van der Waals surface area contributed by atoms with Gasteiger partial charge in [-0.25, -0.2) is 0 Å². The monoisotopic (exact) mass is 246 g/mol. The predicted octanol–water partition coefficient (Wildman–Crippen LogP) is 2.84. The molecule has 1 atom stereocenters. The second kappa shape index (κ2) is 11.7. The van der Waals surface area contributed by atoms with E-state index < -0.39 is 0 Å². The van der Waals surface area contributed by atoms with Crippen molar-refractivity contribution in [1.82, 2.24) is 10.2 Å². The molecule has 0 spiro atoms. The highest BCUT2D eigenvalue weighted by Gasteiger charge is 2.03. The van der Waals surface area contributed by atoms with Crippen LogP contribution in [0.2, 0.25) is 0 Å². The van der Waals surface area contributed by atoms with Crippen molar-refractivity contribution in [1.29, 1.82) is 0 Å². The molecule has 3 heteroatoms. The molecule has 0 aromatic carbocycles. The SMILES string of the molecule is CCSCCNC(C)CCCN(CC)CC. The van der Waals surface area contributed by atoms with Crippen LogP contribution in [0, 0.1) is 0 Å². The molecule has 0 aliphatic rings. The summed E-state index contributed by atoms with van der Waals surface area (Å²) in [5.74, 6) is 2.48. The van der Waals surface area contributed by atoms with Crippen LogP contribution in [-0.2, 0) is 0 Å². The summed E-state index contributed by atoms with van der Waals surface area (Å²) in [6.45, 7) is 13.8. The third-order valence-corrected chi connectivity index (χ3v) is 3.85. The first-order chi connectivity index (χ1) is 7.74. The maximum absolute atomic E-state index is 3.59. The Bertz CT molecular complexity index is 138. The van der Waals surface area contributed by atoms with E-state index in [4.69, 9.17) is 0 Å². The fraction of sp³-hybridized carbons (Fsp3) is 1.00. The summed E-state index contributed by atoms with van der Waals surface area (Å²) < 4.78 is 0. The second-order valence-corrected chi connectivity index (χ2v) is 5.62. The van der Waals surface area contributed by atoms with Crippen molar-refractivity contribution < 1.29 is 0 Å². The summed E-state index contributed by atoms with van der Waals surface area (Å²) in [6, 6.07) is 0.674. The maximum Gasteiger partial charge on any atom is 0.00580 e. The Morgan fingerprint density at radius 1 is 1.19 bits per heavy atom. The van der Waals surface area contributed by atoms with Gasteiger partial charge in [-0.2, -0.15) is 11.8 Å². The van der Waals surface area contributed by atoms with Gasteiger partial charge in [-0.05, 0) is 45.2 Å². The minimum absolute atomic E-state index is 0.674.